The van der Waals surface area contributed by atoms with E-state index in [1.165, 1.54) is 40.0 Å². The van der Waals surface area contributed by atoms with Crippen LogP contribution in [0.4, 0.5) is 5.00 Å². The van der Waals surface area contributed by atoms with Gasteiger partial charge in [0.15, 0.2) is 5.16 Å². The van der Waals surface area contributed by atoms with Crippen molar-refractivity contribution in [3.05, 3.63) is 44.2 Å². The third-order valence-electron chi connectivity index (χ3n) is 5.17. The molecule has 1 N–H and O–H groups in total. The Morgan fingerprint density at radius 3 is 2.87 bits per heavy atom. The van der Waals surface area contributed by atoms with Crippen LogP contribution < -0.4 is 5.32 Å². The molecule has 31 heavy (non-hydrogen) atoms. The molecule has 0 aromatic carbocycles. The minimum absolute atomic E-state index is 0.167. The van der Waals surface area contributed by atoms with Gasteiger partial charge in [-0.15, -0.1) is 32.9 Å². The van der Waals surface area contributed by atoms with E-state index in [9.17, 15) is 9.59 Å². The molecule has 0 unspecified atom stereocenters. The number of nitrogens with zero attached hydrogens (tertiary/aromatic N) is 3. The predicted octanol–water partition coefficient (Wildman–Crippen LogP) is 4.41. The van der Waals surface area contributed by atoms with Gasteiger partial charge in [-0.3, -0.25) is 4.79 Å². The summed E-state index contributed by atoms with van der Waals surface area (Å²) in [6, 6.07) is 4.11. The Kier molecular flexibility index (Phi) is 7.09. The molecule has 0 fully saturated rings. The fourth-order valence-electron chi connectivity index (χ4n) is 3.71. The van der Waals surface area contributed by atoms with Gasteiger partial charge in [0.2, 0.25) is 5.91 Å². The number of methoxy groups -OCH3 is 1. The van der Waals surface area contributed by atoms with Crippen LogP contribution in [-0.4, -0.2) is 39.5 Å². The van der Waals surface area contributed by atoms with Crippen molar-refractivity contribution in [3.8, 4) is 0 Å². The average molecular weight is 477 g/mol. The first-order valence-corrected chi connectivity index (χ1v) is 12.9. The second-order valence-electron chi connectivity index (χ2n) is 7.14. The number of fused-ring (bicyclic) bond motifs is 1. The highest BCUT2D eigenvalue weighted by Gasteiger charge is 2.27. The van der Waals surface area contributed by atoms with Crippen molar-refractivity contribution in [2.75, 3.05) is 18.2 Å². The van der Waals surface area contributed by atoms with Crippen molar-refractivity contribution in [1.82, 2.24) is 14.8 Å². The van der Waals surface area contributed by atoms with E-state index in [0.29, 0.717) is 10.6 Å². The number of anilines is 1. The van der Waals surface area contributed by atoms with Crippen LogP contribution in [0.25, 0.3) is 0 Å². The van der Waals surface area contributed by atoms with Crippen molar-refractivity contribution >= 4 is 51.3 Å². The van der Waals surface area contributed by atoms with Crippen molar-refractivity contribution in [2.24, 2.45) is 0 Å². The van der Waals surface area contributed by atoms with Crippen LogP contribution in [0, 0.1) is 0 Å². The summed E-state index contributed by atoms with van der Waals surface area (Å²) >= 11 is 4.55. The molecule has 3 aromatic heterocycles. The zero-order valence-electron chi connectivity index (χ0n) is 17.5. The highest BCUT2D eigenvalue weighted by Crippen LogP contribution is 2.38. The molecule has 1 amide bonds. The van der Waals surface area contributed by atoms with Crippen LogP contribution in [0.15, 0.2) is 22.7 Å². The number of carbonyl (C=O) groups is 2. The van der Waals surface area contributed by atoms with Gasteiger partial charge in [-0.25, -0.2) is 4.79 Å². The third kappa shape index (κ3) is 4.86. The Hall–Kier alpha value is -2.17. The van der Waals surface area contributed by atoms with E-state index in [4.69, 9.17) is 4.74 Å². The molecule has 10 heteroatoms. The number of hydrogen-bond acceptors (Lipinski definition) is 8. The van der Waals surface area contributed by atoms with Crippen molar-refractivity contribution in [1.29, 1.82) is 0 Å². The number of thioether (sulfide) groups is 1. The van der Waals surface area contributed by atoms with Crippen molar-refractivity contribution in [3.63, 3.8) is 0 Å². The van der Waals surface area contributed by atoms with Crippen molar-refractivity contribution in [2.45, 2.75) is 50.7 Å². The number of carbonyl (C=O) groups excluding carboxylic acids is 2. The quantitative estimate of drug-likeness (QED) is 0.383. The van der Waals surface area contributed by atoms with Gasteiger partial charge < -0.3 is 14.6 Å². The average Bonchev–Trinajstić information content (AvgIpc) is 3.50. The van der Waals surface area contributed by atoms with Crippen LogP contribution in [0.5, 0.6) is 0 Å². The Bertz CT molecular complexity index is 1070. The van der Waals surface area contributed by atoms with Gasteiger partial charge in [0.25, 0.3) is 0 Å². The second-order valence-corrected chi connectivity index (χ2v) is 10.2. The lowest BCUT2D eigenvalue weighted by Gasteiger charge is -2.11. The minimum atomic E-state index is -0.383. The fraction of sp³-hybridized carbons (Fsp3) is 0.429. The Morgan fingerprint density at radius 2 is 2.13 bits per heavy atom. The first-order valence-electron chi connectivity index (χ1n) is 10.2. The van der Waals surface area contributed by atoms with E-state index in [1.54, 1.807) is 11.3 Å². The maximum absolute atomic E-state index is 12.7. The summed E-state index contributed by atoms with van der Waals surface area (Å²) in [5.74, 6) is 0.539. The monoisotopic (exact) mass is 476 g/mol. The summed E-state index contributed by atoms with van der Waals surface area (Å²) in [4.78, 5) is 27.5. The highest BCUT2D eigenvalue weighted by molar-refractivity contribution is 7.99. The maximum Gasteiger partial charge on any atom is 0.341 e. The van der Waals surface area contributed by atoms with Crippen molar-refractivity contribution < 1.29 is 14.3 Å². The molecule has 4 rings (SSSR count). The standard InChI is InChI=1S/C21H24N4O3S3/c1-3-25-16(11-13-7-6-10-29-13)23-24-21(25)30-12-17(26)22-19-18(20(27)28-2)14-8-4-5-9-15(14)31-19/h6-7,10H,3-5,8-9,11-12H2,1-2H3,(H,22,26). The summed E-state index contributed by atoms with van der Waals surface area (Å²) in [7, 11) is 1.38. The van der Waals surface area contributed by atoms with Gasteiger partial charge in [-0.1, -0.05) is 17.8 Å². The molecule has 0 radical (unpaired) electrons. The minimum Gasteiger partial charge on any atom is -0.465 e. The van der Waals surface area contributed by atoms with Gasteiger partial charge in [-0.2, -0.15) is 0 Å². The number of nitrogens with one attached hydrogen (secondary N) is 1. The van der Waals surface area contributed by atoms with Gasteiger partial charge in [0, 0.05) is 22.7 Å². The topological polar surface area (TPSA) is 86.1 Å². The smallest absolute Gasteiger partial charge is 0.341 e. The molecule has 0 aliphatic heterocycles. The number of thiophene rings is 2. The number of rotatable bonds is 8. The van der Waals surface area contributed by atoms with Crippen LogP contribution in [0.3, 0.4) is 0 Å². The zero-order chi connectivity index (χ0) is 21.8. The van der Waals surface area contributed by atoms with Crippen LogP contribution in [0.2, 0.25) is 0 Å². The molecular weight excluding hydrogens is 452 g/mol. The summed E-state index contributed by atoms with van der Waals surface area (Å²) in [6.45, 7) is 2.78. The molecule has 0 saturated carbocycles. The number of aromatic nitrogens is 3. The largest absolute Gasteiger partial charge is 0.465 e. The highest BCUT2D eigenvalue weighted by atomic mass is 32.2. The van der Waals surface area contributed by atoms with E-state index in [1.807, 2.05) is 22.9 Å². The first kappa shape index (κ1) is 22.0. The molecule has 7 nitrogen and oxygen atoms in total. The summed E-state index contributed by atoms with van der Waals surface area (Å²) in [5, 5.41) is 14.9. The summed E-state index contributed by atoms with van der Waals surface area (Å²) in [6.07, 6.45) is 4.69. The lowest BCUT2D eigenvalue weighted by atomic mass is 9.95. The van der Waals surface area contributed by atoms with Gasteiger partial charge in [0.05, 0.1) is 18.4 Å². The second kappa shape index (κ2) is 9.97. The lowest BCUT2D eigenvalue weighted by Crippen LogP contribution is -2.17. The van der Waals surface area contributed by atoms with Crippen LogP contribution in [-0.2, 0) is 35.3 Å². The fourth-order valence-corrected chi connectivity index (χ4v) is 6.52. The molecule has 0 saturated heterocycles. The number of esters is 1. The SMILES string of the molecule is CCn1c(Cc2cccs2)nnc1SCC(=O)Nc1sc2c(c1C(=O)OC)CCCC2. The molecule has 3 aromatic rings. The third-order valence-corrected chi connectivity index (χ3v) is 8.22. The number of ether oxygens (including phenoxy) is 1. The molecular formula is C21H24N4O3S3. The maximum atomic E-state index is 12.7. The number of amides is 1. The van der Waals surface area contributed by atoms with E-state index < -0.39 is 0 Å². The number of hydrogen-bond donors (Lipinski definition) is 1. The van der Waals surface area contributed by atoms with Gasteiger partial charge in [-0.05, 0) is 49.6 Å². The first-order chi connectivity index (χ1) is 15.1. The molecule has 164 valence electrons. The molecule has 1 aliphatic rings. The zero-order valence-corrected chi connectivity index (χ0v) is 19.9. The Balaban J connectivity index is 1.44. The summed E-state index contributed by atoms with van der Waals surface area (Å²) < 4.78 is 7.02. The molecule has 0 bridgehead atoms. The lowest BCUT2D eigenvalue weighted by molar-refractivity contribution is -0.113. The predicted molar refractivity (Wildman–Crippen MR) is 124 cm³/mol. The normalized spacial score (nSPS) is 13.1. The van der Waals surface area contributed by atoms with Crippen LogP contribution in [0.1, 0.15) is 51.3 Å². The van der Waals surface area contributed by atoms with E-state index in [-0.39, 0.29) is 17.6 Å². The molecule has 3 heterocycles. The van der Waals surface area contributed by atoms with Gasteiger partial charge >= 0.3 is 5.97 Å². The van der Waals surface area contributed by atoms with E-state index in [2.05, 4.69) is 21.6 Å². The molecule has 1 aliphatic carbocycles. The Labute approximate surface area is 193 Å². The van der Waals surface area contributed by atoms with Gasteiger partial charge in [0.1, 0.15) is 10.8 Å². The Morgan fingerprint density at radius 1 is 1.29 bits per heavy atom. The van der Waals surface area contributed by atoms with E-state index >= 15 is 0 Å². The molecule has 0 atom stereocenters. The van der Waals surface area contributed by atoms with Crippen LogP contribution >= 0.6 is 34.4 Å². The number of aryl methyl sites for hydroxylation is 1. The molecule has 0 spiro atoms. The summed E-state index contributed by atoms with van der Waals surface area (Å²) in [5.41, 5.74) is 1.56. The van der Waals surface area contributed by atoms with E-state index in [0.717, 1.165) is 55.2 Å².